The molecule has 1 aliphatic carbocycles. The quantitative estimate of drug-likeness (QED) is 0.686. The Morgan fingerprint density at radius 1 is 1.14 bits per heavy atom. The van der Waals surface area contributed by atoms with Crippen molar-refractivity contribution in [3.05, 3.63) is 70.5 Å². The normalized spacial score (nSPS) is 18.9. The van der Waals surface area contributed by atoms with Gasteiger partial charge in [-0.1, -0.05) is 29.8 Å². The summed E-state index contributed by atoms with van der Waals surface area (Å²) in [6.45, 7) is -0.536. The number of hydrogen-bond acceptors (Lipinski definition) is 4. The first-order chi connectivity index (χ1) is 13.9. The Morgan fingerprint density at radius 2 is 1.83 bits per heavy atom. The highest BCUT2D eigenvalue weighted by Crippen LogP contribution is 2.42. The number of carbonyl (C=O) groups is 3. The van der Waals surface area contributed by atoms with Crippen LogP contribution < -0.4 is 0 Å². The van der Waals surface area contributed by atoms with Crippen LogP contribution in [0.25, 0.3) is 0 Å². The van der Waals surface area contributed by atoms with Gasteiger partial charge >= 0.3 is 5.97 Å². The Bertz CT molecular complexity index is 931. The molecule has 1 fully saturated rings. The first-order valence-corrected chi connectivity index (χ1v) is 9.71. The van der Waals surface area contributed by atoms with E-state index in [0.717, 1.165) is 25.0 Å². The van der Waals surface area contributed by atoms with Gasteiger partial charge in [0.2, 0.25) is 0 Å². The SMILES string of the molecule is CN(C(=O)COC(=O)c1ccc(F)cc1)[C@@]1(c2ccccc2Cl)CCCCC1=O. The average molecular weight is 418 g/mol. The lowest BCUT2D eigenvalue weighted by atomic mass is 9.74. The number of Topliss-reactive ketones (excluding diaryl/α,β-unsaturated/α-hetero) is 1. The summed E-state index contributed by atoms with van der Waals surface area (Å²) in [6.07, 6.45) is 2.32. The van der Waals surface area contributed by atoms with Crippen LogP contribution >= 0.6 is 11.6 Å². The largest absolute Gasteiger partial charge is 0.452 e. The minimum absolute atomic E-state index is 0.0856. The van der Waals surface area contributed by atoms with Crippen LogP contribution in [-0.4, -0.2) is 36.2 Å². The lowest BCUT2D eigenvalue weighted by Gasteiger charge is -2.43. The Labute approximate surface area is 173 Å². The summed E-state index contributed by atoms with van der Waals surface area (Å²) in [5.41, 5.74) is -0.473. The third-order valence-corrected chi connectivity index (χ3v) is 5.66. The van der Waals surface area contributed by atoms with Gasteiger partial charge in [-0.25, -0.2) is 9.18 Å². The van der Waals surface area contributed by atoms with Crippen molar-refractivity contribution in [1.29, 1.82) is 0 Å². The molecule has 0 unspecified atom stereocenters. The fraction of sp³-hybridized carbons (Fsp3) is 0.318. The average Bonchev–Trinajstić information content (AvgIpc) is 2.73. The lowest BCUT2D eigenvalue weighted by molar-refractivity contribution is -0.150. The Morgan fingerprint density at radius 3 is 2.48 bits per heavy atom. The van der Waals surface area contributed by atoms with Crippen molar-refractivity contribution in [2.75, 3.05) is 13.7 Å². The molecule has 0 radical (unpaired) electrons. The van der Waals surface area contributed by atoms with Crippen LogP contribution in [0.15, 0.2) is 48.5 Å². The molecule has 152 valence electrons. The number of benzene rings is 2. The molecule has 0 N–H and O–H groups in total. The van der Waals surface area contributed by atoms with Crippen molar-refractivity contribution in [2.24, 2.45) is 0 Å². The molecular formula is C22H21ClFNO4. The molecule has 5 nitrogen and oxygen atoms in total. The maximum absolute atomic E-state index is 13.0. The van der Waals surface area contributed by atoms with E-state index < -0.39 is 29.8 Å². The molecule has 2 aromatic carbocycles. The summed E-state index contributed by atoms with van der Waals surface area (Å²) in [6, 6.07) is 11.8. The van der Waals surface area contributed by atoms with E-state index >= 15 is 0 Å². The van der Waals surface area contributed by atoms with Gasteiger partial charge in [0.1, 0.15) is 11.4 Å². The van der Waals surface area contributed by atoms with E-state index in [4.69, 9.17) is 16.3 Å². The van der Waals surface area contributed by atoms with Gasteiger partial charge in [0.25, 0.3) is 5.91 Å². The van der Waals surface area contributed by atoms with Crippen LogP contribution in [0.3, 0.4) is 0 Å². The maximum atomic E-state index is 13.0. The lowest BCUT2D eigenvalue weighted by Crippen LogP contribution is -2.55. The van der Waals surface area contributed by atoms with Gasteiger partial charge in [-0.2, -0.15) is 0 Å². The fourth-order valence-corrected chi connectivity index (χ4v) is 4.03. The molecule has 2 aromatic rings. The fourth-order valence-electron chi connectivity index (χ4n) is 3.74. The highest BCUT2D eigenvalue weighted by atomic mass is 35.5. The predicted octanol–water partition coefficient (Wildman–Crippen LogP) is 4.13. The molecule has 1 aliphatic rings. The maximum Gasteiger partial charge on any atom is 0.338 e. The second-order valence-electron chi connectivity index (χ2n) is 7.01. The predicted molar refractivity (Wildman–Crippen MR) is 106 cm³/mol. The van der Waals surface area contributed by atoms with Gasteiger partial charge in [0.15, 0.2) is 12.4 Å². The molecule has 29 heavy (non-hydrogen) atoms. The van der Waals surface area contributed by atoms with Crippen LogP contribution in [-0.2, 0) is 19.9 Å². The minimum atomic E-state index is -1.18. The molecule has 0 aliphatic heterocycles. The van der Waals surface area contributed by atoms with Crippen LogP contribution in [0.5, 0.6) is 0 Å². The van der Waals surface area contributed by atoms with Gasteiger partial charge < -0.3 is 9.64 Å². The number of likely N-dealkylation sites (N-methyl/N-ethyl adjacent to an activating group) is 1. The number of ether oxygens (including phenoxy) is 1. The number of nitrogens with zero attached hydrogens (tertiary/aromatic N) is 1. The molecule has 1 amide bonds. The first kappa shape index (κ1) is 21.0. The highest BCUT2D eigenvalue weighted by molar-refractivity contribution is 6.31. The monoisotopic (exact) mass is 417 g/mol. The minimum Gasteiger partial charge on any atom is -0.452 e. The van der Waals surface area contributed by atoms with E-state index in [9.17, 15) is 18.8 Å². The van der Waals surface area contributed by atoms with Crippen LogP contribution in [0.2, 0.25) is 5.02 Å². The van der Waals surface area contributed by atoms with Gasteiger partial charge in [-0.3, -0.25) is 9.59 Å². The van der Waals surface area contributed by atoms with E-state index in [-0.39, 0.29) is 11.3 Å². The Kier molecular flexibility index (Phi) is 6.33. The molecule has 0 saturated heterocycles. The van der Waals surface area contributed by atoms with Crippen LogP contribution in [0, 0.1) is 5.82 Å². The first-order valence-electron chi connectivity index (χ1n) is 9.34. The zero-order chi connectivity index (χ0) is 21.0. The summed E-state index contributed by atoms with van der Waals surface area (Å²) in [5.74, 6) is -1.82. The van der Waals surface area contributed by atoms with Crippen molar-refractivity contribution < 1.29 is 23.5 Å². The van der Waals surface area contributed by atoms with Gasteiger partial charge in [-0.05, 0) is 49.6 Å². The van der Waals surface area contributed by atoms with E-state index in [1.807, 2.05) is 0 Å². The van der Waals surface area contributed by atoms with E-state index in [1.165, 1.54) is 24.1 Å². The summed E-state index contributed by atoms with van der Waals surface area (Å²) < 4.78 is 18.1. The van der Waals surface area contributed by atoms with Gasteiger partial charge in [-0.15, -0.1) is 0 Å². The van der Waals surface area contributed by atoms with Crippen molar-refractivity contribution in [3.8, 4) is 0 Å². The number of carbonyl (C=O) groups excluding carboxylic acids is 3. The molecule has 7 heteroatoms. The standard InChI is InChI=1S/C22H21ClFNO4/c1-25(20(27)14-29-21(28)15-9-11-16(24)12-10-15)22(13-5-4-8-19(22)26)17-6-2-3-7-18(17)23/h2-3,6-7,9-12H,4-5,8,13-14H2,1H3/t22-/m1/s1. The molecule has 0 aromatic heterocycles. The van der Waals surface area contributed by atoms with Crippen molar-refractivity contribution in [1.82, 2.24) is 4.90 Å². The van der Waals surface area contributed by atoms with E-state index in [2.05, 4.69) is 0 Å². The van der Waals surface area contributed by atoms with Crippen molar-refractivity contribution in [2.45, 2.75) is 31.2 Å². The topological polar surface area (TPSA) is 63.7 Å². The molecule has 1 saturated carbocycles. The zero-order valence-electron chi connectivity index (χ0n) is 16.0. The molecule has 0 spiro atoms. The molecule has 3 rings (SSSR count). The van der Waals surface area contributed by atoms with Crippen molar-refractivity contribution >= 4 is 29.3 Å². The van der Waals surface area contributed by atoms with Crippen LogP contribution in [0.1, 0.15) is 41.6 Å². The number of ketones is 1. The number of halogens is 2. The second kappa shape index (κ2) is 8.74. The second-order valence-corrected chi connectivity index (χ2v) is 7.41. The van der Waals surface area contributed by atoms with E-state index in [1.54, 1.807) is 24.3 Å². The van der Waals surface area contributed by atoms with Gasteiger partial charge in [0, 0.05) is 24.1 Å². The number of amides is 1. The zero-order valence-corrected chi connectivity index (χ0v) is 16.7. The Balaban J connectivity index is 1.81. The van der Waals surface area contributed by atoms with Crippen molar-refractivity contribution in [3.63, 3.8) is 0 Å². The number of hydrogen-bond donors (Lipinski definition) is 0. The molecular weight excluding hydrogens is 397 g/mol. The molecule has 1 atom stereocenters. The molecule has 0 heterocycles. The summed E-state index contributed by atoms with van der Waals surface area (Å²) in [5, 5.41) is 0.408. The third-order valence-electron chi connectivity index (χ3n) is 5.33. The third kappa shape index (κ3) is 4.17. The molecule has 0 bridgehead atoms. The number of rotatable bonds is 5. The highest BCUT2D eigenvalue weighted by Gasteiger charge is 2.47. The Hall–Kier alpha value is -2.73. The summed E-state index contributed by atoms with van der Waals surface area (Å²) in [7, 11) is 1.53. The van der Waals surface area contributed by atoms with E-state index in [0.29, 0.717) is 23.4 Å². The number of esters is 1. The summed E-state index contributed by atoms with van der Waals surface area (Å²) in [4.78, 5) is 39.3. The summed E-state index contributed by atoms with van der Waals surface area (Å²) >= 11 is 6.38. The van der Waals surface area contributed by atoms with Crippen LogP contribution in [0.4, 0.5) is 4.39 Å². The van der Waals surface area contributed by atoms with Gasteiger partial charge in [0.05, 0.1) is 5.56 Å². The smallest absolute Gasteiger partial charge is 0.338 e.